The van der Waals surface area contributed by atoms with Crippen molar-refractivity contribution >= 4 is 0 Å². The maximum Gasteiger partial charge on any atom is 0.100 e. The van der Waals surface area contributed by atoms with Crippen molar-refractivity contribution in [2.75, 3.05) is 32.8 Å². The third-order valence-electron chi connectivity index (χ3n) is 5.87. The second-order valence-corrected chi connectivity index (χ2v) is 7.78. The second-order valence-electron chi connectivity index (χ2n) is 7.78. The zero-order valence-electron chi connectivity index (χ0n) is 14.6. The van der Waals surface area contributed by atoms with Gasteiger partial charge in [-0.15, -0.1) is 0 Å². The molecule has 1 heterocycles. The van der Waals surface area contributed by atoms with Gasteiger partial charge in [-0.25, -0.2) is 4.39 Å². The molecular weight excluding hydrogens is 293 g/mol. The number of halogens is 1. The number of ether oxygens (including phenoxy) is 2. The summed E-state index contributed by atoms with van der Waals surface area (Å²) in [5.41, 5.74) is 0. The Bertz CT molecular complexity index is 327. The van der Waals surface area contributed by atoms with Crippen molar-refractivity contribution in [2.45, 2.75) is 82.6 Å². The lowest BCUT2D eigenvalue weighted by Crippen LogP contribution is -2.31. The highest BCUT2D eigenvalue weighted by Crippen LogP contribution is 2.29. The van der Waals surface area contributed by atoms with Gasteiger partial charge in [0.05, 0.1) is 18.8 Å². The summed E-state index contributed by atoms with van der Waals surface area (Å²) in [7, 11) is 0. The fourth-order valence-corrected chi connectivity index (χ4v) is 4.37. The minimum Gasteiger partial charge on any atom is -0.378 e. The van der Waals surface area contributed by atoms with E-state index in [1.807, 2.05) is 0 Å². The molecule has 0 radical (unpaired) electrons. The van der Waals surface area contributed by atoms with Crippen LogP contribution in [0.15, 0.2) is 0 Å². The van der Waals surface area contributed by atoms with E-state index in [0.717, 1.165) is 71.1 Å². The third kappa shape index (κ3) is 5.99. The highest BCUT2D eigenvalue weighted by molar-refractivity contribution is 4.76. The molecular formula is C19H34FNO2. The van der Waals surface area contributed by atoms with Gasteiger partial charge in [0.25, 0.3) is 0 Å². The van der Waals surface area contributed by atoms with Gasteiger partial charge in [0.1, 0.15) is 6.17 Å². The van der Waals surface area contributed by atoms with E-state index in [1.54, 1.807) is 0 Å². The number of hydrogen-bond acceptors (Lipinski definition) is 3. The standard InChI is InChI=1S/C19H34FNO2/c20-17-5-3-4-16(14-17)15-23-19-8-6-18(7-9-19)22-13-12-21-10-1-2-11-21/h16-19H,1-15H2. The minimum absolute atomic E-state index is 0.383. The number of likely N-dealkylation sites (tertiary alicyclic amines) is 1. The van der Waals surface area contributed by atoms with Gasteiger partial charge in [0, 0.05) is 13.2 Å². The molecule has 0 bridgehead atoms. The molecule has 3 fully saturated rings. The number of alkyl halides is 1. The largest absolute Gasteiger partial charge is 0.378 e. The van der Waals surface area contributed by atoms with Gasteiger partial charge in [0.2, 0.25) is 0 Å². The maximum atomic E-state index is 13.4. The summed E-state index contributed by atoms with van der Waals surface area (Å²) in [5, 5.41) is 0. The molecule has 3 rings (SSSR count). The molecule has 0 aromatic heterocycles. The number of rotatable bonds is 7. The van der Waals surface area contributed by atoms with Gasteiger partial charge in [-0.3, -0.25) is 0 Å². The van der Waals surface area contributed by atoms with Gasteiger partial charge < -0.3 is 14.4 Å². The van der Waals surface area contributed by atoms with Crippen LogP contribution in [0.25, 0.3) is 0 Å². The van der Waals surface area contributed by atoms with E-state index in [4.69, 9.17) is 9.47 Å². The van der Waals surface area contributed by atoms with Crippen LogP contribution >= 0.6 is 0 Å². The molecule has 2 atom stereocenters. The Morgan fingerprint density at radius 2 is 1.52 bits per heavy atom. The van der Waals surface area contributed by atoms with Crippen LogP contribution in [0.1, 0.15) is 64.2 Å². The van der Waals surface area contributed by atoms with Crippen molar-refractivity contribution in [2.24, 2.45) is 5.92 Å². The molecule has 0 spiro atoms. The van der Waals surface area contributed by atoms with Crippen molar-refractivity contribution < 1.29 is 13.9 Å². The zero-order chi connectivity index (χ0) is 15.9. The summed E-state index contributed by atoms with van der Waals surface area (Å²) in [6, 6.07) is 0. The fourth-order valence-electron chi connectivity index (χ4n) is 4.37. The van der Waals surface area contributed by atoms with Crippen LogP contribution in [0.5, 0.6) is 0 Å². The predicted octanol–water partition coefficient (Wildman–Crippen LogP) is 3.95. The van der Waals surface area contributed by atoms with Gasteiger partial charge >= 0.3 is 0 Å². The van der Waals surface area contributed by atoms with Gasteiger partial charge in [-0.2, -0.15) is 0 Å². The van der Waals surface area contributed by atoms with Crippen molar-refractivity contribution in [3.8, 4) is 0 Å². The first kappa shape index (κ1) is 17.6. The molecule has 1 aliphatic heterocycles. The van der Waals surface area contributed by atoms with Gasteiger partial charge in [-0.05, 0) is 76.8 Å². The second kappa shape index (κ2) is 9.33. The highest BCUT2D eigenvalue weighted by Gasteiger charge is 2.26. The summed E-state index contributed by atoms with van der Waals surface area (Å²) in [4.78, 5) is 2.51. The van der Waals surface area contributed by atoms with Crippen molar-refractivity contribution in [3.05, 3.63) is 0 Å². The molecule has 2 unspecified atom stereocenters. The Kier molecular flexibility index (Phi) is 7.15. The number of nitrogens with zero attached hydrogens (tertiary/aromatic N) is 1. The molecule has 3 aliphatic rings. The fraction of sp³-hybridized carbons (Fsp3) is 1.00. The van der Waals surface area contributed by atoms with Crippen molar-refractivity contribution in [1.82, 2.24) is 4.90 Å². The van der Waals surface area contributed by atoms with Crippen LogP contribution in [0.3, 0.4) is 0 Å². The van der Waals surface area contributed by atoms with Crippen molar-refractivity contribution in [1.29, 1.82) is 0 Å². The van der Waals surface area contributed by atoms with Gasteiger partial charge in [-0.1, -0.05) is 6.42 Å². The van der Waals surface area contributed by atoms with Crippen LogP contribution in [0.4, 0.5) is 4.39 Å². The summed E-state index contributed by atoms with van der Waals surface area (Å²) < 4.78 is 25.5. The van der Waals surface area contributed by atoms with E-state index in [1.165, 1.54) is 25.9 Å². The van der Waals surface area contributed by atoms with Crippen LogP contribution in [-0.2, 0) is 9.47 Å². The zero-order valence-corrected chi connectivity index (χ0v) is 14.6. The molecule has 134 valence electrons. The minimum atomic E-state index is -0.586. The van der Waals surface area contributed by atoms with Crippen LogP contribution in [-0.4, -0.2) is 56.1 Å². The Labute approximate surface area is 140 Å². The lowest BCUT2D eigenvalue weighted by atomic mass is 9.88. The van der Waals surface area contributed by atoms with E-state index in [0.29, 0.717) is 18.1 Å². The van der Waals surface area contributed by atoms with E-state index < -0.39 is 6.17 Å². The Balaban J connectivity index is 1.23. The first-order valence-corrected chi connectivity index (χ1v) is 9.89. The first-order valence-electron chi connectivity index (χ1n) is 9.89. The van der Waals surface area contributed by atoms with E-state index in [-0.39, 0.29) is 0 Å². The average Bonchev–Trinajstić information content (AvgIpc) is 3.08. The summed E-state index contributed by atoms with van der Waals surface area (Å²) in [5.74, 6) is 0.452. The first-order chi connectivity index (χ1) is 11.3. The molecule has 0 aromatic carbocycles. The number of hydrogen-bond donors (Lipinski definition) is 0. The summed E-state index contributed by atoms with van der Waals surface area (Å²) in [6.07, 6.45) is 11.1. The normalized spacial score (nSPS) is 36.4. The average molecular weight is 327 g/mol. The smallest absolute Gasteiger partial charge is 0.100 e. The predicted molar refractivity (Wildman–Crippen MR) is 90.5 cm³/mol. The molecule has 0 aromatic rings. The molecule has 2 saturated carbocycles. The van der Waals surface area contributed by atoms with Crippen LogP contribution in [0, 0.1) is 5.92 Å². The third-order valence-corrected chi connectivity index (χ3v) is 5.87. The monoisotopic (exact) mass is 327 g/mol. The summed E-state index contributed by atoms with van der Waals surface area (Å²) >= 11 is 0. The highest BCUT2D eigenvalue weighted by atomic mass is 19.1. The molecule has 23 heavy (non-hydrogen) atoms. The lowest BCUT2D eigenvalue weighted by molar-refractivity contribution is -0.0473. The van der Waals surface area contributed by atoms with Crippen LogP contribution < -0.4 is 0 Å². The quantitative estimate of drug-likeness (QED) is 0.706. The van der Waals surface area contributed by atoms with Crippen molar-refractivity contribution in [3.63, 3.8) is 0 Å². The summed E-state index contributed by atoms with van der Waals surface area (Å²) in [6.45, 7) is 5.26. The van der Waals surface area contributed by atoms with Gasteiger partial charge in [0.15, 0.2) is 0 Å². The maximum absolute atomic E-state index is 13.4. The lowest BCUT2D eigenvalue weighted by Gasteiger charge is -2.31. The SMILES string of the molecule is FC1CCCC(COC2CCC(OCCN3CCCC3)CC2)C1. The van der Waals surface area contributed by atoms with E-state index in [2.05, 4.69) is 4.90 Å². The molecule has 3 nitrogen and oxygen atoms in total. The molecule has 4 heteroatoms. The Morgan fingerprint density at radius 1 is 0.826 bits per heavy atom. The molecule has 2 aliphatic carbocycles. The topological polar surface area (TPSA) is 21.7 Å². The van der Waals surface area contributed by atoms with E-state index in [9.17, 15) is 4.39 Å². The molecule has 0 amide bonds. The molecule has 0 N–H and O–H groups in total. The van der Waals surface area contributed by atoms with Crippen LogP contribution in [0.2, 0.25) is 0 Å². The molecule has 1 saturated heterocycles. The Hall–Kier alpha value is -0.190. The Morgan fingerprint density at radius 3 is 2.22 bits per heavy atom. The van der Waals surface area contributed by atoms with E-state index >= 15 is 0 Å².